The lowest BCUT2D eigenvalue weighted by molar-refractivity contribution is -0.137. The minimum absolute atomic E-state index is 0.329. The smallest absolute Gasteiger partial charge is 0.276 e. The van der Waals surface area contributed by atoms with Crippen molar-refractivity contribution in [1.82, 2.24) is 0 Å². The molecule has 148 valence electrons. The molecule has 0 saturated carbocycles. The largest absolute Gasteiger partial charge is 0.416 e. The van der Waals surface area contributed by atoms with E-state index in [9.17, 15) is 13.2 Å². The molecule has 1 nitrogen and oxygen atoms in total. The lowest BCUT2D eigenvalue weighted by atomic mass is 9.97. The summed E-state index contributed by atoms with van der Waals surface area (Å²) in [6, 6.07) is 24.5. The van der Waals surface area contributed by atoms with Crippen molar-refractivity contribution in [3.8, 4) is 0 Å². The van der Waals surface area contributed by atoms with Crippen molar-refractivity contribution < 1.29 is 13.2 Å². The van der Waals surface area contributed by atoms with Crippen LogP contribution in [0.5, 0.6) is 0 Å². The maximum absolute atomic E-state index is 12.9. The summed E-state index contributed by atoms with van der Waals surface area (Å²) >= 11 is 0. The van der Waals surface area contributed by atoms with Crippen LogP contribution in [0.4, 0.5) is 13.2 Å². The fourth-order valence-corrected chi connectivity index (χ4v) is 3.13. The van der Waals surface area contributed by atoms with E-state index in [1.54, 1.807) is 0 Å². The molecule has 0 heterocycles. The summed E-state index contributed by atoms with van der Waals surface area (Å²) < 4.78 is 38.8. The topological polar surface area (TPSA) is 12.4 Å². The Bertz CT molecular complexity index is 931. The van der Waals surface area contributed by atoms with Gasteiger partial charge < -0.3 is 0 Å². The van der Waals surface area contributed by atoms with Crippen molar-refractivity contribution in [2.45, 2.75) is 25.6 Å². The molecule has 1 unspecified atom stereocenters. The molecule has 3 aromatic rings. The molecule has 4 heteroatoms. The maximum Gasteiger partial charge on any atom is 0.416 e. The summed E-state index contributed by atoms with van der Waals surface area (Å²) in [6.45, 7) is 5.88. The standard InChI is InChI=1S/C25H22F3N/c1-18(2)17-23(19-13-15-22(16-14-19)25(26,27)28)29-24(20-9-5-3-6-10-20)21-11-7-4-8-12-21/h3-16,23H,1,17H2,2H3. The lowest BCUT2D eigenvalue weighted by Crippen LogP contribution is -2.09. The zero-order chi connectivity index (χ0) is 20.9. The lowest BCUT2D eigenvalue weighted by Gasteiger charge is -2.17. The fourth-order valence-electron chi connectivity index (χ4n) is 3.13. The Labute approximate surface area is 169 Å². The third kappa shape index (κ3) is 5.44. The van der Waals surface area contributed by atoms with Crippen molar-refractivity contribution in [2.24, 2.45) is 4.99 Å². The van der Waals surface area contributed by atoms with Gasteiger partial charge >= 0.3 is 6.18 Å². The highest BCUT2D eigenvalue weighted by atomic mass is 19.4. The molecule has 0 bridgehead atoms. The summed E-state index contributed by atoms with van der Waals surface area (Å²) in [4.78, 5) is 4.99. The monoisotopic (exact) mass is 393 g/mol. The summed E-state index contributed by atoms with van der Waals surface area (Å²) in [5.74, 6) is 0. The molecule has 0 aliphatic carbocycles. The number of alkyl halides is 3. The Morgan fingerprint density at radius 2 is 1.31 bits per heavy atom. The van der Waals surface area contributed by atoms with E-state index in [1.807, 2.05) is 67.6 Å². The van der Waals surface area contributed by atoms with Crippen LogP contribution in [0.1, 0.15) is 41.6 Å². The van der Waals surface area contributed by atoms with Gasteiger partial charge in [-0.2, -0.15) is 13.2 Å². The van der Waals surface area contributed by atoms with Crippen LogP contribution >= 0.6 is 0 Å². The van der Waals surface area contributed by atoms with Gasteiger partial charge in [0.15, 0.2) is 0 Å². The fraction of sp³-hybridized carbons (Fsp3) is 0.160. The Morgan fingerprint density at radius 3 is 1.72 bits per heavy atom. The molecule has 0 amide bonds. The van der Waals surface area contributed by atoms with Crippen LogP contribution in [0.3, 0.4) is 0 Å². The second-order valence-electron chi connectivity index (χ2n) is 7.01. The van der Waals surface area contributed by atoms with Gasteiger partial charge in [-0.3, -0.25) is 4.99 Å². The van der Waals surface area contributed by atoms with Crippen molar-refractivity contribution in [3.63, 3.8) is 0 Å². The molecule has 0 saturated heterocycles. The molecule has 0 aliphatic rings. The number of halogens is 3. The SMILES string of the molecule is C=C(C)CC(N=C(c1ccccc1)c1ccccc1)c1ccc(C(F)(F)F)cc1. The molecular weight excluding hydrogens is 371 g/mol. The van der Waals surface area contributed by atoms with Gasteiger partial charge in [-0.15, -0.1) is 6.58 Å². The van der Waals surface area contributed by atoms with Crippen LogP contribution in [-0.4, -0.2) is 5.71 Å². The number of benzene rings is 3. The average molecular weight is 393 g/mol. The van der Waals surface area contributed by atoms with E-state index >= 15 is 0 Å². The summed E-state index contributed by atoms with van der Waals surface area (Å²) in [5, 5.41) is 0. The van der Waals surface area contributed by atoms with E-state index < -0.39 is 11.7 Å². The van der Waals surface area contributed by atoms with E-state index in [1.165, 1.54) is 12.1 Å². The van der Waals surface area contributed by atoms with E-state index in [-0.39, 0.29) is 6.04 Å². The molecule has 1 atom stereocenters. The zero-order valence-electron chi connectivity index (χ0n) is 16.2. The van der Waals surface area contributed by atoms with Gasteiger partial charge in [0.25, 0.3) is 0 Å². The molecule has 0 aromatic heterocycles. The number of hydrogen-bond acceptors (Lipinski definition) is 1. The number of nitrogens with zero attached hydrogens (tertiary/aromatic N) is 1. The molecule has 0 aliphatic heterocycles. The highest BCUT2D eigenvalue weighted by Crippen LogP contribution is 2.32. The van der Waals surface area contributed by atoms with Crippen molar-refractivity contribution in [1.29, 1.82) is 0 Å². The van der Waals surface area contributed by atoms with Crippen LogP contribution in [-0.2, 0) is 6.18 Å². The molecule has 0 N–H and O–H groups in total. The minimum Gasteiger partial charge on any atom is -0.276 e. The van der Waals surface area contributed by atoms with E-state index in [4.69, 9.17) is 4.99 Å². The normalized spacial score (nSPS) is 12.3. The molecule has 0 fully saturated rings. The Morgan fingerprint density at radius 1 is 0.828 bits per heavy atom. The van der Waals surface area contributed by atoms with Crippen molar-refractivity contribution in [2.75, 3.05) is 0 Å². The van der Waals surface area contributed by atoms with Crippen LogP contribution in [0.25, 0.3) is 0 Å². The van der Waals surface area contributed by atoms with Crippen LogP contribution in [0, 0.1) is 0 Å². The first-order valence-corrected chi connectivity index (χ1v) is 9.35. The predicted molar refractivity (Wildman–Crippen MR) is 112 cm³/mol. The van der Waals surface area contributed by atoms with Crippen molar-refractivity contribution >= 4 is 5.71 Å². The molecule has 0 radical (unpaired) electrons. The number of rotatable bonds is 6. The predicted octanol–water partition coefficient (Wildman–Crippen LogP) is 7.25. The number of hydrogen-bond donors (Lipinski definition) is 0. The Kier molecular flexibility index (Phi) is 6.32. The third-order valence-electron chi connectivity index (χ3n) is 4.54. The quantitative estimate of drug-likeness (QED) is 0.309. The molecule has 0 spiro atoms. The first-order chi connectivity index (χ1) is 13.8. The maximum atomic E-state index is 12.9. The third-order valence-corrected chi connectivity index (χ3v) is 4.54. The van der Waals surface area contributed by atoms with E-state index in [0.717, 1.165) is 40.1 Å². The molecule has 29 heavy (non-hydrogen) atoms. The van der Waals surface area contributed by atoms with Gasteiger partial charge in [0.05, 0.1) is 17.3 Å². The minimum atomic E-state index is -4.36. The van der Waals surface area contributed by atoms with Gasteiger partial charge in [-0.25, -0.2) is 0 Å². The highest BCUT2D eigenvalue weighted by molar-refractivity contribution is 6.13. The Hall–Kier alpha value is -3.14. The summed E-state index contributed by atoms with van der Waals surface area (Å²) in [7, 11) is 0. The van der Waals surface area contributed by atoms with Gasteiger partial charge in [0.1, 0.15) is 0 Å². The van der Waals surface area contributed by atoms with Gasteiger partial charge in [0, 0.05) is 11.1 Å². The Balaban J connectivity index is 2.08. The van der Waals surface area contributed by atoms with Gasteiger partial charge in [0.2, 0.25) is 0 Å². The van der Waals surface area contributed by atoms with Crippen LogP contribution in [0.15, 0.2) is 102 Å². The second-order valence-corrected chi connectivity index (χ2v) is 7.01. The molecular formula is C25H22F3N. The molecule has 3 aromatic carbocycles. The summed E-state index contributed by atoms with van der Waals surface area (Å²) in [6.07, 6.45) is -3.81. The van der Waals surface area contributed by atoms with Crippen molar-refractivity contribution in [3.05, 3.63) is 119 Å². The van der Waals surface area contributed by atoms with Crippen LogP contribution < -0.4 is 0 Å². The number of aliphatic imine (C=N–C) groups is 1. The second kappa shape index (κ2) is 8.91. The first-order valence-electron chi connectivity index (χ1n) is 9.35. The summed E-state index contributed by atoms with van der Waals surface area (Å²) in [5.41, 5.74) is 3.70. The first kappa shape index (κ1) is 20.6. The van der Waals surface area contributed by atoms with Crippen LogP contribution in [0.2, 0.25) is 0 Å². The van der Waals surface area contributed by atoms with Gasteiger partial charge in [-0.05, 0) is 31.0 Å². The average Bonchev–Trinajstić information content (AvgIpc) is 2.71. The van der Waals surface area contributed by atoms with E-state index in [0.29, 0.717) is 6.42 Å². The molecule has 3 rings (SSSR count). The van der Waals surface area contributed by atoms with Gasteiger partial charge in [-0.1, -0.05) is 78.4 Å². The van der Waals surface area contributed by atoms with E-state index in [2.05, 4.69) is 6.58 Å². The highest BCUT2D eigenvalue weighted by Gasteiger charge is 2.30. The zero-order valence-corrected chi connectivity index (χ0v) is 16.2.